The quantitative estimate of drug-likeness (QED) is 0.173. The Morgan fingerprint density at radius 1 is 1.12 bits per heavy atom. The molecule has 0 aliphatic carbocycles. The molecule has 262 valence electrons. The third-order valence-electron chi connectivity index (χ3n) is 9.19. The van der Waals surface area contributed by atoms with Crippen molar-refractivity contribution in [2.75, 3.05) is 31.6 Å². The number of amides is 1. The first-order valence-electron chi connectivity index (χ1n) is 16.7. The van der Waals surface area contributed by atoms with Gasteiger partial charge < -0.3 is 19.4 Å². The number of piperidine rings is 1. The topological polar surface area (TPSA) is 134 Å². The molecule has 2 aliphatic rings. The van der Waals surface area contributed by atoms with Crippen LogP contribution >= 0.6 is 11.3 Å². The molecule has 6 heterocycles. The molecule has 8 rings (SSSR count). The van der Waals surface area contributed by atoms with Gasteiger partial charge in [-0.05, 0) is 81.7 Å². The van der Waals surface area contributed by atoms with Crippen LogP contribution in [0.2, 0.25) is 0 Å². The Morgan fingerprint density at radius 3 is 2.63 bits per heavy atom. The molecule has 2 fully saturated rings. The van der Waals surface area contributed by atoms with Crippen molar-refractivity contribution >= 4 is 44.9 Å². The van der Waals surface area contributed by atoms with Crippen molar-refractivity contribution in [1.29, 1.82) is 5.26 Å². The van der Waals surface area contributed by atoms with E-state index in [1.165, 1.54) is 18.6 Å². The molecule has 1 amide bonds. The number of nitrogens with zero attached hydrogens (tertiary/aromatic N) is 6. The average Bonchev–Trinajstić information content (AvgIpc) is 3.77. The molecule has 0 unspecified atom stereocenters. The zero-order chi connectivity index (χ0) is 35.5. The number of benzene rings is 2. The molecule has 2 saturated heterocycles. The van der Waals surface area contributed by atoms with Gasteiger partial charge in [0.15, 0.2) is 11.6 Å². The minimum Gasteiger partial charge on any atom is -0.472 e. The van der Waals surface area contributed by atoms with Crippen LogP contribution in [-0.4, -0.2) is 61.8 Å². The lowest BCUT2D eigenvalue weighted by Gasteiger charge is -2.31. The Labute approximate surface area is 296 Å². The second-order valence-electron chi connectivity index (χ2n) is 12.7. The summed E-state index contributed by atoms with van der Waals surface area (Å²) in [6, 6.07) is 17.3. The first-order chi connectivity index (χ1) is 24.7. The van der Waals surface area contributed by atoms with E-state index >= 15 is 0 Å². The lowest BCUT2D eigenvalue weighted by molar-refractivity contribution is 0.0367. The van der Waals surface area contributed by atoms with Gasteiger partial charge in [-0.1, -0.05) is 6.07 Å². The molecular formula is C37H36F2N8O3S. The van der Waals surface area contributed by atoms with E-state index in [0.717, 1.165) is 73.0 Å². The number of imidazole rings is 1. The Bertz CT molecular complexity index is 2240. The molecule has 2 aliphatic heterocycles. The largest absolute Gasteiger partial charge is 0.472 e. The molecule has 2 aromatic carbocycles. The summed E-state index contributed by atoms with van der Waals surface area (Å²) in [7, 11) is 1.99. The van der Waals surface area contributed by atoms with Crippen molar-refractivity contribution in [3.8, 4) is 11.9 Å². The van der Waals surface area contributed by atoms with E-state index in [1.54, 1.807) is 19.1 Å². The van der Waals surface area contributed by atoms with Gasteiger partial charge in [0, 0.05) is 65.1 Å². The minimum atomic E-state index is -0.551. The summed E-state index contributed by atoms with van der Waals surface area (Å²) in [5.74, 6) is 0.202. The highest BCUT2D eigenvalue weighted by Crippen LogP contribution is 2.30. The number of hydrogen-bond acceptors (Lipinski definition) is 9. The predicted octanol–water partition coefficient (Wildman–Crippen LogP) is 6.98. The Hall–Kier alpha value is -5.23. The highest BCUT2D eigenvalue weighted by atomic mass is 32.1. The third kappa shape index (κ3) is 7.61. The van der Waals surface area contributed by atoms with E-state index in [1.807, 2.05) is 43.4 Å². The van der Waals surface area contributed by atoms with Crippen LogP contribution in [0, 0.1) is 29.9 Å². The van der Waals surface area contributed by atoms with Crippen molar-refractivity contribution < 1.29 is 23.0 Å². The van der Waals surface area contributed by atoms with Crippen molar-refractivity contribution in [3.05, 3.63) is 98.8 Å². The van der Waals surface area contributed by atoms with Gasteiger partial charge >= 0.3 is 0 Å². The van der Waals surface area contributed by atoms with E-state index in [-0.39, 0.29) is 28.5 Å². The van der Waals surface area contributed by atoms with Crippen molar-refractivity contribution in [1.82, 2.24) is 29.6 Å². The summed E-state index contributed by atoms with van der Waals surface area (Å²) in [5, 5.41) is 19.1. The molecule has 11 nitrogen and oxygen atoms in total. The first kappa shape index (κ1) is 34.2. The second kappa shape index (κ2) is 14.9. The van der Waals surface area contributed by atoms with Gasteiger partial charge in [0.2, 0.25) is 5.88 Å². The van der Waals surface area contributed by atoms with Gasteiger partial charge in [0.1, 0.15) is 28.9 Å². The Balaban J connectivity index is 0.000000950. The monoisotopic (exact) mass is 710 g/mol. The number of aromatic nitrogens is 5. The zero-order valence-electron chi connectivity index (χ0n) is 28.2. The lowest BCUT2D eigenvalue weighted by Crippen LogP contribution is -2.33. The van der Waals surface area contributed by atoms with Gasteiger partial charge in [-0.3, -0.25) is 14.8 Å². The molecule has 0 radical (unpaired) electrons. The van der Waals surface area contributed by atoms with Gasteiger partial charge in [0.05, 0.1) is 17.6 Å². The average molecular weight is 711 g/mol. The summed E-state index contributed by atoms with van der Waals surface area (Å²) in [4.78, 5) is 25.7. The maximum absolute atomic E-state index is 14.5. The summed E-state index contributed by atoms with van der Waals surface area (Å²) >= 11 is 1.09. The molecule has 0 spiro atoms. The number of halogens is 2. The molecule has 6 aromatic rings. The van der Waals surface area contributed by atoms with Crippen LogP contribution in [0.15, 0.2) is 54.6 Å². The summed E-state index contributed by atoms with van der Waals surface area (Å²) in [6.07, 6.45) is 3.14. The predicted molar refractivity (Wildman–Crippen MR) is 190 cm³/mol. The number of carbonyl (C=O) groups excluding carboxylic acids is 1. The molecule has 0 atom stereocenters. The van der Waals surface area contributed by atoms with Crippen molar-refractivity contribution in [2.45, 2.75) is 45.3 Å². The Kier molecular flexibility index (Phi) is 10.0. The molecule has 51 heavy (non-hydrogen) atoms. The fourth-order valence-corrected chi connectivity index (χ4v) is 6.92. The maximum atomic E-state index is 14.5. The minimum absolute atomic E-state index is 0.0542. The highest BCUT2D eigenvalue weighted by molar-refractivity contribution is 7.12. The number of pyridine rings is 1. The maximum Gasteiger partial charge on any atom is 0.255 e. The molecule has 0 bridgehead atoms. The van der Waals surface area contributed by atoms with Crippen LogP contribution in [0.5, 0.6) is 5.88 Å². The molecular weight excluding hydrogens is 675 g/mol. The van der Waals surface area contributed by atoms with Crippen LogP contribution in [0.4, 0.5) is 14.5 Å². The number of ether oxygens (including phenoxy) is 2. The van der Waals surface area contributed by atoms with E-state index < -0.39 is 17.5 Å². The summed E-state index contributed by atoms with van der Waals surface area (Å²) < 4.78 is 40.9. The van der Waals surface area contributed by atoms with E-state index in [2.05, 4.69) is 25.0 Å². The number of nitriles is 1. The number of nitrogens with one attached hydrogen (secondary N) is 2. The SMILES string of the molecule is C1COC1.Cc1[nH]nc2c(F)cc(C(=O)Nc3ccc4c(c3)nc(CN3CCC(c5cccc(OCc6cc(F)c(C#N)s6)n5)CC3)n4C)cc12. The number of rotatable bonds is 8. The fourth-order valence-electron chi connectivity index (χ4n) is 6.18. The number of anilines is 1. The fraction of sp³-hybridized carbons (Fsp3) is 0.324. The van der Waals surface area contributed by atoms with Gasteiger partial charge in [-0.15, -0.1) is 11.3 Å². The highest BCUT2D eigenvalue weighted by Gasteiger charge is 2.24. The standard InChI is InChI=1S/C34H30F2N8O2S.C3H6O/c1-19-24-12-21(13-26(36)33(24)42-41-19)34(45)38-22-6-7-29-28(14-22)39-31(43(29)2)17-44-10-8-20(9-11-44)27-4-3-5-32(40-27)46-18-23-15-25(35)30(16-37)47-23;1-2-4-3-1/h3-7,12-15,20H,8-11,17-18H2,1-2H3,(H,38,45)(H,41,42);1-3H2. The molecule has 0 saturated carbocycles. The van der Waals surface area contributed by atoms with E-state index in [9.17, 15) is 13.6 Å². The van der Waals surface area contributed by atoms with Crippen LogP contribution in [0.1, 0.15) is 62.5 Å². The third-order valence-corrected chi connectivity index (χ3v) is 10.2. The molecule has 14 heteroatoms. The van der Waals surface area contributed by atoms with E-state index in [4.69, 9.17) is 24.7 Å². The normalized spacial score (nSPS) is 14.9. The first-order valence-corrected chi connectivity index (χ1v) is 17.6. The number of fused-ring (bicyclic) bond motifs is 2. The number of thiophene rings is 1. The Morgan fingerprint density at radius 2 is 1.90 bits per heavy atom. The summed E-state index contributed by atoms with van der Waals surface area (Å²) in [5.41, 5.74) is 4.37. The summed E-state index contributed by atoms with van der Waals surface area (Å²) in [6.45, 7) is 6.38. The molecule has 2 N–H and O–H groups in total. The second-order valence-corrected chi connectivity index (χ2v) is 13.8. The van der Waals surface area contributed by atoms with Crippen LogP contribution < -0.4 is 10.1 Å². The number of carbonyl (C=O) groups is 1. The lowest BCUT2D eigenvalue weighted by atomic mass is 9.93. The zero-order valence-corrected chi connectivity index (χ0v) is 29.0. The van der Waals surface area contributed by atoms with Crippen molar-refractivity contribution in [2.24, 2.45) is 7.05 Å². The van der Waals surface area contributed by atoms with Gasteiger partial charge in [-0.25, -0.2) is 18.7 Å². The van der Waals surface area contributed by atoms with Crippen LogP contribution in [0.3, 0.4) is 0 Å². The number of aromatic amines is 1. The number of likely N-dealkylation sites (tertiary alicyclic amines) is 1. The number of aryl methyl sites for hydroxylation is 2. The van der Waals surface area contributed by atoms with Crippen molar-refractivity contribution in [3.63, 3.8) is 0 Å². The van der Waals surface area contributed by atoms with E-state index in [0.29, 0.717) is 34.1 Å². The van der Waals surface area contributed by atoms with Crippen LogP contribution in [0.25, 0.3) is 21.9 Å². The smallest absolute Gasteiger partial charge is 0.255 e. The van der Waals surface area contributed by atoms with Gasteiger partial charge in [-0.2, -0.15) is 10.4 Å². The number of hydrogen-bond donors (Lipinski definition) is 2. The number of H-pyrrole nitrogens is 1. The van der Waals surface area contributed by atoms with Crippen LogP contribution in [-0.2, 0) is 24.9 Å². The van der Waals surface area contributed by atoms with Gasteiger partial charge in [0.25, 0.3) is 5.91 Å². The molecule has 4 aromatic heterocycles.